The first-order chi connectivity index (χ1) is 14.2. The Bertz CT molecular complexity index is 799. The van der Waals surface area contributed by atoms with E-state index in [1.165, 1.54) is 6.92 Å². The predicted molar refractivity (Wildman–Crippen MR) is 108 cm³/mol. The van der Waals surface area contributed by atoms with Crippen molar-refractivity contribution in [3.05, 3.63) is 35.9 Å². The number of Topliss-reactive ketones (excluding diaryl/α,β-unsaturated/α-hetero) is 2. The molecule has 0 saturated heterocycles. The second-order valence-corrected chi connectivity index (χ2v) is 7.37. The van der Waals surface area contributed by atoms with Crippen molar-refractivity contribution in [3.63, 3.8) is 0 Å². The lowest BCUT2D eigenvalue weighted by molar-refractivity contribution is -0.162. The highest BCUT2D eigenvalue weighted by Crippen LogP contribution is 2.48. The number of alkyl carbamates (subject to hydrolysis) is 1. The van der Waals surface area contributed by atoms with Gasteiger partial charge in [-0.05, 0) is 38.7 Å². The molecule has 0 aliphatic heterocycles. The Morgan fingerprint density at radius 3 is 2.40 bits per heavy atom. The summed E-state index contributed by atoms with van der Waals surface area (Å²) in [6.45, 7) is 2.64. The fourth-order valence-corrected chi connectivity index (χ4v) is 4.02. The fourth-order valence-electron chi connectivity index (χ4n) is 4.02. The number of carbonyl (C=O) groups excluding carboxylic acids is 4. The van der Waals surface area contributed by atoms with Crippen LogP contribution >= 0.6 is 0 Å². The van der Waals surface area contributed by atoms with Gasteiger partial charge in [0.2, 0.25) is 0 Å². The van der Waals surface area contributed by atoms with Crippen LogP contribution in [0.25, 0.3) is 0 Å². The summed E-state index contributed by atoms with van der Waals surface area (Å²) in [5, 5.41) is 2.43. The number of rotatable bonds is 9. The Kier molecular flexibility index (Phi) is 7.69. The van der Waals surface area contributed by atoms with Gasteiger partial charge in [-0.1, -0.05) is 30.3 Å². The molecule has 9 nitrogen and oxygen atoms in total. The molecule has 1 fully saturated rings. The van der Waals surface area contributed by atoms with Crippen molar-refractivity contribution in [1.29, 1.82) is 0 Å². The van der Waals surface area contributed by atoms with Gasteiger partial charge in [0.05, 0.1) is 19.2 Å². The van der Waals surface area contributed by atoms with Crippen molar-refractivity contribution in [1.82, 2.24) is 5.32 Å². The fraction of sp³-hybridized carbons (Fsp3) is 0.524. The summed E-state index contributed by atoms with van der Waals surface area (Å²) in [5.74, 6) is -2.15. The molecule has 1 saturated carbocycles. The van der Waals surface area contributed by atoms with E-state index >= 15 is 0 Å². The highest BCUT2D eigenvalue weighted by Gasteiger charge is 2.66. The Labute approximate surface area is 175 Å². The number of nitrogens with two attached hydrogens (primary N) is 2. The average Bonchev–Trinajstić information content (AvgIpc) is 3.11. The van der Waals surface area contributed by atoms with Crippen LogP contribution in [0.5, 0.6) is 0 Å². The van der Waals surface area contributed by atoms with Gasteiger partial charge in [-0.2, -0.15) is 0 Å². The van der Waals surface area contributed by atoms with Gasteiger partial charge in [0, 0.05) is 0 Å². The minimum atomic E-state index is -1.86. The van der Waals surface area contributed by atoms with E-state index in [0.717, 1.165) is 5.56 Å². The van der Waals surface area contributed by atoms with E-state index in [9.17, 15) is 19.2 Å². The SMILES string of the molecule is CCOC(=O)C1(N)CCCC1(C(=O)CN)C(=O)C(C)NC(=O)OCc1ccccc1. The van der Waals surface area contributed by atoms with E-state index in [-0.39, 0.29) is 26.1 Å². The van der Waals surface area contributed by atoms with Crippen LogP contribution in [0.15, 0.2) is 30.3 Å². The van der Waals surface area contributed by atoms with Gasteiger partial charge in [-0.3, -0.25) is 14.4 Å². The van der Waals surface area contributed by atoms with Crippen LogP contribution in [0.1, 0.15) is 38.7 Å². The lowest BCUT2D eigenvalue weighted by atomic mass is 9.64. The normalized spacial score (nSPS) is 24.0. The van der Waals surface area contributed by atoms with Gasteiger partial charge in [0.25, 0.3) is 0 Å². The summed E-state index contributed by atoms with van der Waals surface area (Å²) in [6.07, 6.45) is -0.291. The van der Waals surface area contributed by atoms with Gasteiger partial charge in [0.1, 0.15) is 17.6 Å². The number of ketones is 2. The summed E-state index contributed by atoms with van der Waals surface area (Å²) in [6, 6.07) is 7.90. The molecule has 1 aromatic rings. The second-order valence-electron chi connectivity index (χ2n) is 7.37. The minimum absolute atomic E-state index is 0.0180. The number of hydrogen-bond acceptors (Lipinski definition) is 8. The molecule has 3 atom stereocenters. The molecule has 1 aromatic carbocycles. The van der Waals surface area contributed by atoms with Gasteiger partial charge in [-0.15, -0.1) is 0 Å². The van der Waals surface area contributed by atoms with Crippen LogP contribution in [0, 0.1) is 5.41 Å². The molecular weight excluding hydrogens is 390 g/mol. The molecule has 30 heavy (non-hydrogen) atoms. The zero-order valence-corrected chi connectivity index (χ0v) is 17.3. The van der Waals surface area contributed by atoms with E-state index in [1.807, 2.05) is 6.07 Å². The van der Waals surface area contributed by atoms with E-state index in [4.69, 9.17) is 20.9 Å². The number of amides is 1. The molecule has 1 aliphatic carbocycles. The number of carbonyl (C=O) groups is 4. The molecule has 0 spiro atoms. The summed E-state index contributed by atoms with van der Waals surface area (Å²) < 4.78 is 10.2. The van der Waals surface area contributed by atoms with Gasteiger partial charge in [-0.25, -0.2) is 4.79 Å². The molecule has 0 heterocycles. The Morgan fingerprint density at radius 1 is 1.13 bits per heavy atom. The largest absolute Gasteiger partial charge is 0.465 e. The molecule has 2 rings (SSSR count). The Hall–Kier alpha value is -2.78. The topological polar surface area (TPSA) is 151 Å². The molecule has 164 valence electrons. The predicted octanol–water partition coefficient (Wildman–Crippen LogP) is 0.829. The molecule has 9 heteroatoms. The van der Waals surface area contributed by atoms with Crippen LogP contribution in [-0.2, 0) is 30.5 Å². The lowest BCUT2D eigenvalue weighted by Gasteiger charge is -2.40. The molecule has 5 N–H and O–H groups in total. The zero-order valence-electron chi connectivity index (χ0n) is 17.3. The number of nitrogens with one attached hydrogen (secondary N) is 1. The van der Waals surface area contributed by atoms with E-state index in [1.54, 1.807) is 31.2 Å². The first kappa shape index (κ1) is 23.5. The van der Waals surface area contributed by atoms with Crippen LogP contribution in [0.4, 0.5) is 4.79 Å². The maximum atomic E-state index is 13.4. The smallest absolute Gasteiger partial charge is 0.408 e. The maximum absolute atomic E-state index is 13.4. The number of hydrogen-bond donors (Lipinski definition) is 3. The first-order valence-corrected chi connectivity index (χ1v) is 9.94. The van der Waals surface area contributed by atoms with Crippen molar-refractivity contribution in [2.45, 2.75) is 51.3 Å². The summed E-state index contributed by atoms with van der Waals surface area (Å²) in [5.41, 5.74) is 8.98. The average molecular weight is 419 g/mol. The van der Waals surface area contributed by atoms with Crippen molar-refractivity contribution in [3.8, 4) is 0 Å². The third-order valence-electron chi connectivity index (χ3n) is 5.55. The number of esters is 1. The van der Waals surface area contributed by atoms with Crippen molar-refractivity contribution >= 4 is 23.6 Å². The van der Waals surface area contributed by atoms with Crippen LogP contribution in [0.2, 0.25) is 0 Å². The molecular formula is C21H29N3O6. The molecule has 3 unspecified atom stereocenters. The molecule has 1 amide bonds. The zero-order chi connectivity index (χ0) is 22.4. The quantitative estimate of drug-likeness (QED) is 0.393. The van der Waals surface area contributed by atoms with Crippen molar-refractivity contribution in [2.75, 3.05) is 13.2 Å². The van der Waals surface area contributed by atoms with Crippen LogP contribution in [0.3, 0.4) is 0 Å². The van der Waals surface area contributed by atoms with Crippen molar-refractivity contribution < 1.29 is 28.7 Å². The number of ether oxygens (including phenoxy) is 2. The molecule has 0 bridgehead atoms. The van der Waals surface area contributed by atoms with Crippen LogP contribution < -0.4 is 16.8 Å². The van der Waals surface area contributed by atoms with E-state index in [2.05, 4.69) is 5.32 Å². The monoisotopic (exact) mass is 419 g/mol. The second kappa shape index (κ2) is 9.82. The van der Waals surface area contributed by atoms with E-state index < -0.39 is 47.2 Å². The third kappa shape index (κ3) is 4.36. The Morgan fingerprint density at radius 2 is 1.80 bits per heavy atom. The number of benzene rings is 1. The first-order valence-electron chi connectivity index (χ1n) is 9.94. The standard InChI is InChI=1S/C21H29N3O6/c1-3-29-18(27)21(23)11-7-10-20(21,16(25)12-22)17(26)14(2)24-19(28)30-13-15-8-5-4-6-9-15/h4-6,8-9,14H,3,7,10-13,22-23H2,1-2H3,(H,24,28). The molecule has 1 aliphatic rings. The lowest BCUT2D eigenvalue weighted by Crippen LogP contribution is -2.68. The molecule has 0 radical (unpaired) electrons. The van der Waals surface area contributed by atoms with Crippen molar-refractivity contribution in [2.24, 2.45) is 16.9 Å². The van der Waals surface area contributed by atoms with Gasteiger partial charge < -0.3 is 26.3 Å². The minimum Gasteiger partial charge on any atom is -0.465 e. The highest BCUT2D eigenvalue weighted by atomic mass is 16.5. The van der Waals surface area contributed by atoms with Gasteiger partial charge in [0.15, 0.2) is 11.6 Å². The highest BCUT2D eigenvalue weighted by molar-refractivity contribution is 6.15. The summed E-state index contributed by atoms with van der Waals surface area (Å²) in [7, 11) is 0. The Balaban J connectivity index is 2.19. The van der Waals surface area contributed by atoms with Gasteiger partial charge >= 0.3 is 12.1 Å². The maximum Gasteiger partial charge on any atom is 0.408 e. The van der Waals surface area contributed by atoms with E-state index in [0.29, 0.717) is 6.42 Å². The van der Waals surface area contributed by atoms with Crippen LogP contribution in [-0.4, -0.2) is 48.4 Å². The third-order valence-corrected chi connectivity index (χ3v) is 5.55. The molecule has 0 aromatic heterocycles. The summed E-state index contributed by atoms with van der Waals surface area (Å²) >= 11 is 0. The summed E-state index contributed by atoms with van der Waals surface area (Å²) in [4.78, 5) is 51.0.